The Balaban J connectivity index is 1.98. The Bertz CT molecular complexity index is 761. The minimum atomic E-state index is -3.42. The van der Waals surface area contributed by atoms with Crippen LogP contribution in [0.15, 0.2) is 12.3 Å². The monoisotopic (exact) mass is 313 g/mol. The van der Waals surface area contributed by atoms with Gasteiger partial charge in [0.25, 0.3) is 0 Å². The lowest BCUT2D eigenvalue weighted by atomic mass is 10.4. The van der Waals surface area contributed by atoms with E-state index in [1.807, 2.05) is 6.92 Å². The van der Waals surface area contributed by atoms with Gasteiger partial charge >= 0.3 is 0 Å². The van der Waals surface area contributed by atoms with Gasteiger partial charge in [-0.2, -0.15) is 5.10 Å². The number of aryl methyl sites for hydroxylation is 2. The van der Waals surface area contributed by atoms with Crippen LogP contribution in [0.3, 0.4) is 0 Å². The maximum absolute atomic E-state index is 11.9. The van der Waals surface area contributed by atoms with Gasteiger partial charge in [-0.15, -0.1) is 5.10 Å². The molecule has 0 aromatic carbocycles. The average Bonchev–Trinajstić information content (AvgIpc) is 2.84. The zero-order valence-corrected chi connectivity index (χ0v) is 12.5. The summed E-state index contributed by atoms with van der Waals surface area (Å²) in [7, 11) is -1.71. The number of amides is 1. The Morgan fingerprint density at radius 1 is 1.43 bits per heavy atom. The standard InChI is InChI=1S/C10H15N7O3S/c1-7-4-9(16(2)13-7)11-10(18)6-17-5-8(12-15-17)14-21(3,19)20/h4-5,14H,6H2,1-3H3,(H,11,18). The second kappa shape index (κ2) is 5.52. The molecular formula is C10H15N7O3S. The molecule has 2 N–H and O–H groups in total. The van der Waals surface area contributed by atoms with Gasteiger partial charge < -0.3 is 5.32 Å². The van der Waals surface area contributed by atoms with Crippen LogP contribution in [0.1, 0.15) is 5.69 Å². The smallest absolute Gasteiger partial charge is 0.247 e. The summed E-state index contributed by atoms with van der Waals surface area (Å²) in [5, 5.41) is 14.1. The minimum Gasteiger partial charge on any atom is -0.309 e. The van der Waals surface area contributed by atoms with Crippen LogP contribution >= 0.6 is 0 Å². The topological polar surface area (TPSA) is 124 Å². The third-order valence-electron chi connectivity index (χ3n) is 2.40. The van der Waals surface area contributed by atoms with Gasteiger partial charge in [0.05, 0.1) is 18.1 Å². The summed E-state index contributed by atoms with van der Waals surface area (Å²) < 4.78 is 27.0. The largest absolute Gasteiger partial charge is 0.309 e. The fourth-order valence-corrected chi connectivity index (χ4v) is 2.14. The fraction of sp³-hybridized carbons (Fsp3) is 0.400. The lowest BCUT2D eigenvalue weighted by Gasteiger charge is -2.04. The van der Waals surface area contributed by atoms with Gasteiger partial charge in [0, 0.05) is 13.1 Å². The average molecular weight is 313 g/mol. The van der Waals surface area contributed by atoms with Crippen molar-refractivity contribution in [2.45, 2.75) is 13.5 Å². The number of nitrogens with one attached hydrogen (secondary N) is 2. The molecule has 21 heavy (non-hydrogen) atoms. The molecule has 11 heteroatoms. The van der Waals surface area contributed by atoms with Crippen LogP contribution in [-0.4, -0.2) is 45.4 Å². The molecule has 2 aromatic heterocycles. The van der Waals surface area contributed by atoms with E-state index in [0.717, 1.165) is 11.9 Å². The van der Waals surface area contributed by atoms with Gasteiger partial charge in [0.2, 0.25) is 15.9 Å². The third-order valence-corrected chi connectivity index (χ3v) is 2.98. The van der Waals surface area contributed by atoms with Crippen LogP contribution in [0, 0.1) is 6.92 Å². The molecule has 114 valence electrons. The van der Waals surface area contributed by atoms with Gasteiger partial charge in [-0.3, -0.25) is 14.2 Å². The summed E-state index contributed by atoms with van der Waals surface area (Å²) in [5.41, 5.74) is 0.785. The summed E-state index contributed by atoms with van der Waals surface area (Å²) in [6.07, 6.45) is 2.33. The van der Waals surface area contributed by atoms with Crippen LogP contribution in [0.25, 0.3) is 0 Å². The van der Waals surface area contributed by atoms with Crippen LogP contribution in [0.4, 0.5) is 11.6 Å². The van der Waals surface area contributed by atoms with Gasteiger partial charge in [-0.05, 0) is 6.92 Å². The molecular weight excluding hydrogens is 298 g/mol. The minimum absolute atomic E-state index is 0.0571. The number of carbonyl (C=O) groups excluding carboxylic acids is 1. The van der Waals surface area contributed by atoms with Crippen LogP contribution < -0.4 is 10.0 Å². The molecule has 10 nitrogen and oxygen atoms in total. The summed E-state index contributed by atoms with van der Waals surface area (Å²) in [4.78, 5) is 11.9. The normalized spacial score (nSPS) is 11.4. The lowest BCUT2D eigenvalue weighted by molar-refractivity contribution is -0.117. The molecule has 2 rings (SSSR count). The van der Waals surface area contributed by atoms with Crippen molar-refractivity contribution in [3.8, 4) is 0 Å². The maximum Gasteiger partial charge on any atom is 0.247 e. The number of hydrogen-bond donors (Lipinski definition) is 2. The molecule has 0 saturated heterocycles. The number of carbonyl (C=O) groups is 1. The van der Waals surface area contributed by atoms with E-state index in [4.69, 9.17) is 0 Å². The van der Waals surface area contributed by atoms with Crippen molar-refractivity contribution < 1.29 is 13.2 Å². The number of rotatable bonds is 5. The van der Waals surface area contributed by atoms with E-state index in [-0.39, 0.29) is 18.3 Å². The van der Waals surface area contributed by atoms with Crippen molar-refractivity contribution in [1.82, 2.24) is 24.8 Å². The number of anilines is 2. The van der Waals surface area contributed by atoms with E-state index in [1.54, 1.807) is 17.8 Å². The van der Waals surface area contributed by atoms with Crippen LogP contribution in [-0.2, 0) is 28.4 Å². The highest BCUT2D eigenvalue weighted by Crippen LogP contribution is 2.08. The quantitative estimate of drug-likeness (QED) is 0.754. The highest BCUT2D eigenvalue weighted by Gasteiger charge is 2.11. The summed E-state index contributed by atoms with van der Waals surface area (Å²) in [5.74, 6) is 0.294. The molecule has 0 spiro atoms. The fourth-order valence-electron chi connectivity index (χ4n) is 1.67. The number of nitrogens with zero attached hydrogens (tertiary/aromatic N) is 5. The molecule has 0 fully saturated rings. The van der Waals surface area contributed by atoms with E-state index < -0.39 is 10.0 Å². The lowest BCUT2D eigenvalue weighted by Crippen LogP contribution is -2.20. The van der Waals surface area contributed by atoms with Gasteiger partial charge in [0.15, 0.2) is 5.82 Å². The molecule has 2 heterocycles. The predicted molar refractivity (Wildman–Crippen MR) is 75.1 cm³/mol. The first-order chi connectivity index (χ1) is 9.73. The molecule has 2 aromatic rings. The Labute approximate surface area is 121 Å². The molecule has 0 saturated carbocycles. The second-order valence-electron chi connectivity index (χ2n) is 4.52. The van der Waals surface area contributed by atoms with Crippen LogP contribution in [0.5, 0.6) is 0 Å². The highest BCUT2D eigenvalue weighted by molar-refractivity contribution is 7.92. The summed E-state index contributed by atoms with van der Waals surface area (Å²) in [6.45, 7) is 1.72. The highest BCUT2D eigenvalue weighted by atomic mass is 32.2. The van der Waals surface area contributed by atoms with E-state index >= 15 is 0 Å². The van der Waals surface area contributed by atoms with Crippen LogP contribution in [0.2, 0.25) is 0 Å². The van der Waals surface area contributed by atoms with Gasteiger partial charge in [0.1, 0.15) is 12.4 Å². The third kappa shape index (κ3) is 4.27. The Morgan fingerprint density at radius 3 is 2.71 bits per heavy atom. The predicted octanol–water partition coefficient (Wildman–Crippen LogP) is -0.670. The summed E-state index contributed by atoms with van der Waals surface area (Å²) in [6, 6.07) is 1.73. The van der Waals surface area contributed by atoms with Crippen molar-refractivity contribution in [3.05, 3.63) is 18.0 Å². The van der Waals surface area contributed by atoms with E-state index in [1.165, 1.54) is 10.9 Å². The number of aromatic nitrogens is 5. The van der Waals surface area contributed by atoms with Crippen molar-refractivity contribution in [2.24, 2.45) is 7.05 Å². The van der Waals surface area contributed by atoms with E-state index in [9.17, 15) is 13.2 Å². The summed E-state index contributed by atoms with van der Waals surface area (Å²) >= 11 is 0. The zero-order valence-electron chi connectivity index (χ0n) is 11.7. The Morgan fingerprint density at radius 2 is 2.14 bits per heavy atom. The molecule has 0 aliphatic carbocycles. The maximum atomic E-state index is 11.9. The number of sulfonamides is 1. The SMILES string of the molecule is Cc1cc(NC(=O)Cn2cc(NS(C)(=O)=O)nn2)n(C)n1. The number of hydrogen-bond acceptors (Lipinski definition) is 6. The van der Waals surface area contributed by atoms with Crippen molar-refractivity contribution in [2.75, 3.05) is 16.3 Å². The van der Waals surface area contributed by atoms with Crippen molar-refractivity contribution >= 4 is 27.6 Å². The van der Waals surface area contributed by atoms with E-state index in [0.29, 0.717) is 5.82 Å². The molecule has 0 aliphatic heterocycles. The van der Waals surface area contributed by atoms with Crippen molar-refractivity contribution in [3.63, 3.8) is 0 Å². The first-order valence-corrected chi connectivity index (χ1v) is 7.80. The van der Waals surface area contributed by atoms with Gasteiger partial charge in [-0.1, -0.05) is 5.21 Å². The molecule has 0 unspecified atom stereocenters. The first kappa shape index (κ1) is 15.0. The molecule has 0 radical (unpaired) electrons. The Hall–Kier alpha value is -2.43. The molecule has 0 atom stereocenters. The zero-order chi connectivity index (χ0) is 15.6. The molecule has 0 bridgehead atoms. The first-order valence-electron chi connectivity index (χ1n) is 5.91. The molecule has 1 amide bonds. The Kier molecular flexibility index (Phi) is 3.93. The second-order valence-corrected chi connectivity index (χ2v) is 6.27. The van der Waals surface area contributed by atoms with Crippen molar-refractivity contribution in [1.29, 1.82) is 0 Å². The van der Waals surface area contributed by atoms with E-state index in [2.05, 4.69) is 25.4 Å². The van der Waals surface area contributed by atoms with Gasteiger partial charge in [-0.25, -0.2) is 13.1 Å². The molecule has 0 aliphatic rings.